The largest absolute Gasteiger partial charge is 0.310 e. The highest BCUT2D eigenvalue weighted by molar-refractivity contribution is 5.54. The molecule has 1 atom stereocenters. The van der Waals surface area contributed by atoms with Crippen LogP contribution < -0.4 is 5.32 Å². The Hall–Kier alpha value is -1.79. The van der Waals surface area contributed by atoms with Gasteiger partial charge in [-0.1, -0.05) is 13.0 Å². The molecule has 0 aromatic carbocycles. The first-order chi connectivity index (χ1) is 9.36. The van der Waals surface area contributed by atoms with E-state index in [4.69, 9.17) is 6.42 Å². The molecule has 0 spiro atoms. The third kappa shape index (κ3) is 3.36. The van der Waals surface area contributed by atoms with E-state index in [0.29, 0.717) is 6.04 Å². The van der Waals surface area contributed by atoms with Crippen LogP contribution in [0.1, 0.15) is 44.2 Å². The van der Waals surface area contributed by atoms with E-state index in [1.54, 1.807) is 0 Å². The normalized spacial score (nSPS) is 12.4. The number of unbranched alkanes of at least 4 members (excludes halogenated alkanes) is 1. The average molecular weight is 255 g/mol. The molecule has 2 aromatic rings. The maximum absolute atomic E-state index is 5.34. The number of nitrogens with one attached hydrogen (secondary N) is 1. The van der Waals surface area contributed by atoms with Crippen LogP contribution in [0.2, 0.25) is 0 Å². The van der Waals surface area contributed by atoms with E-state index < -0.39 is 0 Å². The lowest BCUT2D eigenvalue weighted by atomic mass is 10.0. The van der Waals surface area contributed by atoms with Crippen molar-refractivity contribution in [2.45, 2.75) is 38.6 Å². The van der Waals surface area contributed by atoms with Crippen molar-refractivity contribution in [2.75, 3.05) is 6.54 Å². The molecule has 19 heavy (non-hydrogen) atoms. The predicted octanol–water partition coefficient (Wildman–Crippen LogP) is 3.18. The van der Waals surface area contributed by atoms with E-state index in [9.17, 15) is 0 Å². The molecular weight excluding hydrogens is 234 g/mol. The number of nitrogens with zero attached hydrogens (tertiary/aromatic N) is 2. The molecule has 0 saturated heterocycles. The molecule has 0 aliphatic carbocycles. The Balaban J connectivity index is 2.18. The first-order valence-corrected chi connectivity index (χ1v) is 6.96. The van der Waals surface area contributed by atoms with Gasteiger partial charge in [0.1, 0.15) is 0 Å². The Morgan fingerprint density at radius 3 is 3.16 bits per heavy atom. The van der Waals surface area contributed by atoms with Gasteiger partial charge in [-0.25, -0.2) is 4.52 Å². The molecule has 100 valence electrons. The lowest BCUT2D eigenvalue weighted by Gasteiger charge is -2.17. The van der Waals surface area contributed by atoms with Crippen molar-refractivity contribution < 1.29 is 0 Å². The van der Waals surface area contributed by atoms with Crippen LogP contribution in [-0.4, -0.2) is 16.2 Å². The third-order valence-corrected chi connectivity index (χ3v) is 3.29. The minimum atomic E-state index is 0.341. The Morgan fingerprint density at radius 2 is 2.37 bits per heavy atom. The van der Waals surface area contributed by atoms with Gasteiger partial charge in [0.25, 0.3) is 0 Å². The number of aromatic nitrogens is 2. The summed E-state index contributed by atoms with van der Waals surface area (Å²) in [5.74, 6) is 2.71. The van der Waals surface area contributed by atoms with Gasteiger partial charge >= 0.3 is 0 Å². The number of terminal acetylenes is 1. The van der Waals surface area contributed by atoms with Crippen LogP contribution in [-0.2, 0) is 0 Å². The Morgan fingerprint density at radius 1 is 1.47 bits per heavy atom. The molecule has 0 amide bonds. The van der Waals surface area contributed by atoms with Crippen molar-refractivity contribution in [3.8, 4) is 12.3 Å². The van der Waals surface area contributed by atoms with Crippen molar-refractivity contribution in [3.63, 3.8) is 0 Å². The molecule has 3 nitrogen and oxygen atoms in total. The molecule has 0 bridgehead atoms. The van der Waals surface area contributed by atoms with Crippen LogP contribution in [0, 0.1) is 12.3 Å². The molecule has 0 aliphatic heterocycles. The highest BCUT2D eigenvalue weighted by Crippen LogP contribution is 2.23. The van der Waals surface area contributed by atoms with Crippen molar-refractivity contribution >= 4 is 5.52 Å². The molecule has 1 N–H and O–H groups in total. The minimum absolute atomic E-state index is 0.341. The minimum Gasteiger partial charge on any atom is -0.310 e. The molecule has 0 radical (unpaired) electrons. The Labute approximate surface area is 115 Å². The first-order valence-electron chi connectivity index (χ1n) is 6.96. The van der Waals surface area contributed by atoms with Crippen molar-refractivity contribution in [3.05, 3.63) is 36.2 Å². The first kappa shape index (κ1) is 13.6. The smallest absolute Gasteiger partial charge is 0.0709 e. The second-order valence-electron chi connectivity index (χ2n) is 4.73. The van der Waals surface area contributed by atoms with Crippen molar-refractivity contribution in [1.82, 2.24) is 14.9 Å². The van der Waals surface area contributed by atoms with Gasteiger partial charge in [0.15, 0.2) is 0 Å². The van der Waals surface area contributed by atoms with Crippen molar-refractivity contribution in [2.24, 2.45) is 0 Å². The van der Waals surface area contributed by atoms with E-state index in [-0.39, 0.29) is 0 Å². The third-order valence-electron chi connectivity index (χ3n) is 3.29. The summed E-state index contributed by atoms with van der Waals surface area (Å²) >= 11 is 0. The van der Waals surface area contributed by atoms with Crippen LogP contribution in [0.5, 0.6) is 0 Å². The maximum atomic E-state index is 5.34. The summed E-state index contributed by atoms with van der Waals surface area (Å²) < 4.78 is 1.93. The van der Waals surface area contributed by atoms with Crippen LogP contribution in [0.15, 0.2) is 30.6 Å². The number of hydrogen-bond donors (Lipinski definition) is 1. The van der Waals surface area contributed by atoms with Gasteiger partial charge in [-0.15, -0.1) is 12.3 Å². The number of fused-ring (bicyclic) bond motifs is 1. The molecule has 0 fully saturated rings. The second kappa shape index (κ2) is 6.96. The van der Waals surface area contributed by atoms with Crippen LogP contribution in [0.4, 0.5) is 0 Å². The Bertz CT molecular complexity index is 550. The monoisotopic (exact) mass is 255 g/mol. The van der Waals surface area contributed by atoms with Crippen LogP contribution >= 0.6 is 0 Å². The fourth-order valence-corrected chi connectivity index (χ4v) is 2.32. The quantitative estimate of drug-likeness (QED) is 0.608. The molecule has 1 unspecified atom stereocenters. The number of hydrogen-bond acceptors (Lipinski definition) is 2. The molecule has 0 saturated carbocycles. The summed E-state index contributed by atoms with van der Waals surface area (Å²) in [5.41, 5.74) is 2.45. The van der Waals surface area contributed by atoms with Gasteiger partial charge in [0.05, 0.1) is 11.7 Å². The molecule has 0 aliphatic rings. The number of rotatable bonds is 7. The lowest BCUT2D eigenvalue weighted by molar-refractivity contribution is 0.490. The van der Waals surface area contributed by atoms with E-state index in [2.05, 4.69) is 35.4 Å². The summed E-state index contributed by atoms with van der Waals surface area (Å²) in [6.45, 7) is 3.20. The molecule has 2 heterocycles. The van der Waals surface area contributed by atoms with Crippen LogP contribution in [0.3, 0.4) is 0 Å². The SMILES string of the molecule is C#CCCCC(NCCC)c1cnn2ccccc12. The highest BCUT2D eigenvalue weighted by Gasteiger charge is 2.14. The maximum Gasteiger partial charge on any atom is 0.0709 e. The standard InChI is InChI=1S/C16H21N3/c1-3-5-6-9-15(17-11-4-2)14-13-18-19-12-8-7-10-16(14)19/h1,7-8,10,12-13,15,17H,4-6,9,11H2,2H3. The zero-order valence-electron chi connectivity index (χ0n) is 11.5. The Kier molecular flexibility index (Phi) is 5.00. The average Bonchev–Trinajstić information content (AvgIpc) is 2.87. The van der Waals surface area contributed by atoms with Gasteiger partial charge in [0.2, 0.25) is 0 Å². The number of pyridine rings is 1. The van der Waals surface area contributed by atoms with Crippen molar-refractivity contribution in [1.29, 1.82) is 0 Å². The summed E-state index contributed by atoms with van der Waals surface area (Å²) in [5, 5.41) is 8.01. The van der Waals surface area contributed by atoms with Crippen LogP contribution in [0.25, 0.3) is 5.52 Å². The van der Waals surface area contributed by atoms with E-state index in [0.717, 1.165) is 32.2 Å². The zero-order valence-corrected chi connectivity index (χ0v) is 11.5. The van der Waals surface area contributed by atoms with E-state index >= 15 is 0 Å². The van der Waals surface area contributed by atoms with Gasteiger partial charge in [-0.05, 0) is 37.9 Å². The molecule has 3 heteroatoms. The molecule has 2 rings (SSSR count). The lowest BCUT2D eigenvalue weighted by Crippen LogP contribution is -2.22. The highest BCUT2D eigenvalue weighted by atomic mass is 15.2. The summed E-state index contributed by atoms with van der Waals surface area (Å²) in [6.07, 6.45) is 13.4. The summed E-state index contributed by atoms with van der Waals surface area (Å²) in [7, 11) is 0. The molecule has 2 aromatic heterocycles. The summed E-state index contributed by atoms with van der Waals surface area (Å²) in [6, 6.07) is 6.51. The molecular formula is C16H21N3. The topological polar surface area (TPSA) is 29.3 Å². The fraction of sp³-hybridized carbons (Fsp3) is 0.438. The zero-order chi connectivity index (χ0) is 13.5. The van der Waals surface area contributed by atoms with Gasteiger partial charge in [-0.3, -0.25) is 0 Å². The predicted molar refractivity (Wildman–Crippen MR) is 78.9 cm³/mol. The summed E-state index contributed by atoms with van der Waals surface area (Å²) in [4.78, 5) is 0. The van der Waals surface area contributed by atoms with Gasteiger partial charge < -0.3 is 5.32 Å². The van der Waals surface area contributed by atoms with E-state index in [1.807, 2.05) is 23.0 Å². The second-order valence-corrected chi connectivity index (χ2v) is 4.73. The van der Waals surface area contributed by atoms with Gasteiger partial charge in [0, 0.05) is 24.2 Å². The van der Waals surface area contributed by atoms with E-state index in [1.165, 1.54) is 11.1 Å². The van der Waals surface area contributed by atoms with Gasteiger partial charge in [-0.2, -0.15) is 5.10 Å². The fourth-order valence-electron chi connectivity index (χ4n) is 2.32.